The van der Waals surface area contributed by atoms with Crippen LogP contribution < -0.4 is 10.2 Å². The molecular weight excluding hydrogens is 198 g/mol. The molecule has 2 atom stereocenters. The quantitative estimate of drug-likeness (QED) is 0.711. The number of likely N-dealkylation sites (N-methyl/N-ethyl adjacent to an activating group) is 1. The summed E-state index contributed by atoms with van der Waals surface area (Å²) in [5.74, 6) is -1.07. The Morgan fingerprint density at radius 3 is 2.60 bits per heavy atom. The van der Waals surface area contributed by atoms with Crippen LogP contribution in [0.25, 0.3) is 0 Å². The van der Waals surface area contributed by atoms with Gasteiger partial charge >= 0.3 is 0 Å². The summed E-state index contributed by atoms with van der Waals surface area (Å²) in [6, 6.07) is 2.61. The summed E-state index contributed by atoms with van der Waals surface area (Å²) >= 11 is 0. The van der Waals surface area contributed by atoms with E-state index in [1.54, 1.807) is 0 Å². The van der Waals surface area contributed by atoms with Crippen molar-refractivity contribution < 1.29 is 8.78 Å². The second kappa shape index (κ2) is 3.36. The van der Waals surface area contributed by atoms with E-state index in [2.05, 4.69) is 5.32 Å². The van der Waals surface area contributed by atoms with Crippen molar-refractivity contribution in [1.29, 1.82) is 0 Å². The maximum absolute atomic E-state index is 13.5. The van der Waals surface area contributed by atoms with Gasteiger partial charge in [0.05, 0.1) is 11.4 Å². The lowest BCUT2D eigenvalue weighted by molar-refractivity contribution is 0.550. The minimum absolute atomic E-state index is 0.141. The molecule has 2 nitrogen and oxygen atoms in total. The average Bonchev–Trinajstić information content (AvgIpc) is 2.17. The molecule has 0 fully saturated rings. The highest BCUT2D eigenvalue weighted by Crippen LogP contribution is 2.35. The first-order chi connectivity index (χ1) is 7.00. The number of hydrogen-bond donors (Lipinski definition) is 1. The molecule has 1 aromatic rings. The molecule has 1 N–H and O–H groups in total. The first-order valence-electron chi connectivity index (χ1n) is 4.99. The van der Waals surface area contributed by atoms with Gasteiger partial charge in [-0.3, -0.25) is 0 Å². The van der Waals surface area contributed by atoms with Gasteiger partial charge in [0.25, 0.3) is 0 Å². The summed E-state index contributed by atoms with van der Waals surface area (Å²) < 4.78 is 26.5. The fourth-order valence-corrected chi connectivity index (χ4v) is 1.88. The molecule has 4 heteroatoms. The van der Waals surface area contributed by atoms with E-state index < -0.39 is 11.6 Å². The molecule has 0 spiro atoms. The van der Waals surface area contributed by atoms with E-state index in [4.69, 9.17) is 0 Å². The lowest BCUT2D eigenvalue weighted by Crippen LogP contribution is -2.46. The highest BCUT2D eigenvalue weighted by Gasteiger charge is 2.28. The average molecular weight is 212 g/mol. The first kappa shape index (κ1) is 10.2. The van der Waals surface area contributed by atoms with Crippen molar-refractivity contribution in [2.45, 2.75) is 25.9 Å². The lowest BCUT2D eigenvalue weighted by Gasteiger charge is -2.39. The monoisotopic (exact) mass is 212 g/mol. The van der Waals surface area contributed by atoms with Crippen LogP contribution >= 0.6 is 0 Å². The van der Waals surface area contributed by atoms with Gasteiger partial charge in [-0.25, -0.2) is 8.78 Å². The molecule has 15 heavy (non-hydrogen) atoms. The van der Waals surface area contributed by atoms with Crippen LogP contribution in [0.1, 0.15) is 13.8 Å². The molecule has 0 radical (unpaired) electrons. The van der Waals surface area contributed by atoms with Crippen LogP contribution in [0.3, 0.4) is 0 Å². The molecule has 82 valence electrons. The van der Waals surface area contributed by atoms with E-state index in [1.807, 2.05) is 25.8 Å². The standard InChI is InChI=1S/C11H14F2N2/c1-6-7(2)15(3)10-5-8(12)4-9(13)11(10)14-6/h4-7,14H,1-3H3. The van der Waals surface area contributed by atoms with Gasteiger partial charge < -0.3 is 10.2 Å². The Morgan fingerprint density at radius 1 is 1.27 bits per heavy atom. The molecule has 0 aliphatic carbocycles. The third kappa shape index (κ3) is 1.54. The van der Waals surface area contributed by atoms with Gasteiger partial charge in [-0.2, -0.15) is 0 Å². The predicted octanol–water partition coefficient (Wildman–Crippen LogP) is 2.60. The lowest BCUT2D eigenvalue weighted by atomic mass is 10.0. The smallest absolute Gasteiger partial charge is 0.151 e. The molecule has 1 aromatic carbocycles. The van der Waals surface area contributed by atoms with Gasteiger partial charge in [0.1, 0.15) is 5.82 Å². The van der Waals surface area contributed by atoms with Crippen molar-refractivity contribution in [1.82, 2.24) is 0 Å². The number of anilines is 2. The zero-order valence-electron chi connectivity index (χ0n) is 9.01. The Morgan fingerprint density at radius 2 is 1.93 bits per heavy atom. The highest BCUT2D eigenvalue weighted by molar-refractivity contribution is 5.73. The zero-order valence-corrected chi connectivity index (χ0v) is 9.01. The van der Waals surface area contributed by atoms with Crippen molar-refractivity contribution >= 4 is 11.4 Å². The van der Waals surface area contributed by atoms with Crippen molar-refractivity contribution in [2.24, 2.45) is 0 Å². The molecule has 0 aromatic heterocycles. The fraction of sp³-hybridized carbons (Fsp3) is 0.455. The molecule has 0 saturated heterocycles. The Balaban J connectivity index is 2.55. The molecule has 0 bridgehead atoms. The van der Waals surface area contributed by atoms with Crippen molar-refractivity contribution in [3.8, 4) is 0 Å². The van der Waals surface area contributed by atoms with Crippen LogP contribution in [-0.2, 0) is 0 Å². The largest absolute Gasteiger partial charge is 0.376 e. The number of halogens is 2. The third-order valence-electron chi connectivity index (χ3n) is 3.12. The van der Waals surface area contributed by atoms with Gasteiger partial charge in [0.15, 0.2) is 5.82 Å². The molecule has 1 heterocycles. The zero-order chi connectivity index (χ0) is 11.2. The Hall–Kier alpha value is -1.32. The molecule has 1 aliphatic heterocycles. The van der Waals surface area contributed by atoms with E-state index in [0.29, 0.717) is 11.4 Å². The molecule has 2 unspecified atom stereocenters. The van der Waals surface area contributed by atoms with Crippen molar-refractivity contribution in [3.05, 3.63) is 23.8 Å². The van der Waals surface area contributed by atoms with Crippen molar-refractivity contribution in [3.63, 3.8) is 0 Å². The first-order valence-corrected chi connectivity index (χ1v) is 4.99. The number of benzene rings is 1. The van der Waals surface area contributed by atoms with E-state index in [9.17, 15) is 8.78 Å². The van der Waals surface area contributed by atoms with Gasteiger partial charge in [0.2, 0.25) is 0 Å². The van der Waals surface area contributed by atoms with E-state index >= 15 is 0 Å². The summed E-state index contributed by atoms with van der Waals surface area (Å²) in [5.41, 5.74) is 0.975. The fourth-order valence-electron chi connectivity index (χ4n) is 1.88. The maximum Gasteiger partial charge on any atom is 0.151 e. The van der Waals surface area contributed by atoms with Crippen LogP contribution in [-0.4, -0.2) is 19.1 Å². The minimum atomic E-state index is -0.540. The van der Waals surface area contributed by atoms with Gasteiger partial charge in [-0.1, -0.05) is 0 Å². The van der Waals surface area contributed by atoms with Gasteiger partial charge in [-0.05, 0) is 19.9 Å². The minimum Gasteiger partial charge on any atom is -0.376 e. The Bertz CT molecular complexity index is 392. The van der Waals surface area contributed by atoms with E-state index in [-0.39, 0.29) is 12.1 Å². The summed E-state index contributed by atoms with van der Waals surface area (Å²) in [6.45, 7) is 4.00. The van der Waals surface area contributed by atoms with Crippen molar-refractivity contribution in [2.75, 3.05) is 17.3 Å². The molecule has 0 saturated carbocycles. The molecule has 1 aliphatic rings. The molecule has 0 amide bonds. The Kier molecular flexibility index (Phi) is 2.29. The van der Waals surface area contributed by atoms with Crippen LogP contribution in [0.2, 0.25) is 0 Å². The number of nitrogens with one attached hydrogen (secondary N) is 1. The summed E-state index contributed by atoms with van der Waals surface area (Å²) in [4.78, 5) is 1.89. The third-order valence-corrected chi connectivity index (χ3v) is 3.12. The number of hydrogen-bond acceptors (Lipinski definition) is 2. The normalized spacial score (nSPS) is 24.7. The van der Waals surface area contributed by atoms with Crippen LogP contribution in [0.4, 0.5) is 20.2 Å². The highest BCUT2D eigenvalue weighted by atomic mass is 19.1. The SMILES string of the molecule is CC1Nc2c(F)cc(F)cc2N(C)C1C. The second-order valence-electron chi connectivity index (χ2n) is 4.07. The number of nitrogens with zero attached hydrogens (tertiary/aromatic N) is 1. The summed E-state index contributed by atoms with van der Waals surface area (Å²) in [6.07, 6.45) is 0. The second-order valence-corrected chi connectivity index (χ2v) is 4.07. The maximum atomic E-state index is 13.5. The Labute approximate surface area is 87.9 Å². The van der Waals surface area contributed by atoms with Crippen LogP contribution in [0, 0.1) is 11.6 Å². The summed E-state index contributed by atoms with van der Waals surface area (Å²) in [5, 5.41) is 3.05. The van der Waals surface area contributed by atoms with E-state index in [0.717, 1.165) is 6.07 Å². The van der Waals surface area contributed by atoms with E-state index in [1.165, 1.54) is 6.07 Å². The van der Waals surface area contributed by atoms with Crippen LogP contribution in [0.15, 0.2) is 12.1 Å². The predicted molar refractivity (Wildman–Crippen MR) is 57.3 cm³/mol. The number of fused-ring (bicyclic) bond motifs is 1. The van der Waals surface area contributed by atoms with Gasteiger partial charge in [0, 0.05) is 25.2 Å². The molecular formula is C11H14F2N2. The summed E-state index contributed by atoms with van der Waals surface area (Å²) in [7, 11) is 1.85. The topological polar surface area (TPSA) is 15.3 Å². The van der Waals surface area contributed by atoms with Gasteiger partial charge in [-0.15, -0.1) is 0 Å². The molecule has 2 rings (SSSR count). The van der Waals surface area contributed by atoms with Crippen LogP contribution in [0.5, 0.6) is 0 Å². The number of rotatable bonds is 0.